The summed E-state index contributed by atoms with van der Waals surface area (Å²) in [5.41, 5.74) is 0.278. The number of nitrogens with one attached hydrogen (secondary N) is 2. The Labute approximate surface area is 121 Å². The summed E-state index contributed by atoms with van der Waals surface area (Å²) in [6.07, 6.45) is 1.30. The van der Waals surface area contributed by atoms with E-state index in [0.29, 0.717) is 5.82 Å². The summed E-state index contributed by atoms with van der Waals surface area (Å²) in [7, 11) is -2.47. The lowest BCUT2D eigenvalue weighted by molar-refractivity contribution is 0.0600. The van der Waals surface area contributed by atoms with Gasteiger partial charge in [0.1, 0.15) is 12.2 Å². The van der Waals surface area contributed by atoms with Gasteiger partial charge in [0.25, 0.3) is 0 Å². The zero-order valence-corrected chi connectivity index (χ0v) is 12.2. The zero-order chi connectivity index (χ0) is 15.5. The topological polar surface area (TPSA) is 114 Å². The number of nitrogens with zero attached hydrogens (tertiary/aromatic N) is 2. The number of carbonyl (C=O) groups is 1. The third-order valence-electron chi connectivity index (χ3n) is 2.76. The van der Waals surface area contributed by atoms with Crippen molar-refractivity contribution in [3.05, 3.63) is 42.0 Å². The second-order valence-electron chi connectivity index (χ2n) is 4.23. The van der Waals surface area contributed by atoms with Crippen molar-refractivity contribution in [3.8, 4) is 0 Å². The van der Waals surface area contributed by atoms with Crippen LogP contribution in [-0.2, 0) is 14.8 Å². The Morgan fingerprint density at radius 1 is 1.33 bits per heavy atom. The molecule has 0 aliphatic rings. The van der Waals surface area contributed by atoms with Crippen molar-refractivity contribution in [3.63, 3.8) is 0 Å². The molecule has 0 fully saturated rings. The molecule has 21 heavy (non-hydrogen) atoms. The molecule has 0 saturated heterocycles. The van der Waals surface area contributed by atoms with Gasteiger partial charge in [-0.2, -0.15) is 5.10 Å². The SMILES string of the molecule is COC(=O)c1ccc(S(=O)(=O)NC(C)c2ncn[nH]2)cc1. The minimum atomic E-state index is -3.72. The van der Waals surface area contributed by atoms with Gasteiger partial charge in [0, 0.05) is 0 Å². The van der Waals surface area contributed by atoms with Crippen LogP contribution in [0.2, 0.25) is 0 Å². The fourth-order valence-electron chi connectivity index (χ4n) is 1.67. The molecule has 2 N–H and O–H groups in total. The molecule has 2 rings (SSSR count). The predicted molar refractivity (Wildman–Crippen MR) is 72.9 cm³/mol. The summed E-state index contributed by atoms with van der Waals surface area (Å²) in [5, 5.41) is 6.26. The molecule has 2 aromatic rings. The van der Waals surface area contributed by atoms with E-state index in [0.717, 1.165) is 0 Å². The Morgan fingerprint density at radius 2 is 2.00 bits per heavy atom. The first-order chi connectivity index (χ1) is 9.94. The highest BCUT2D eigenvalue weighted by molar-refractivity contribution is 7.89. The van der Waals surface area contributed by atoms with E-state index in [-0.39, 0.29) is 10.5 Å². The van der Waals surface area contributed by atoms with Crippen LogP contribution in [0.1, 0.15) is 29.1 Å². The molecule has 1 aromatic heterocycles. The van der Waals surface area contributed by atoms with E-state index in [4.69, 9.17) is 0 Å². The fraction of sp³-hybridized carbons (Fsp3) is 0.250. The van der Waals surface area contributed by atoms with Gasteiger partial charge in [-0.1, -0.05) is 0 Å². The largest absolute Gasteiger partial charge is 0.465 e. The van der Waals surface area contributed by atoms with Gasteiger partial charge in [0.15, 0.2) is 0 Å². The van der Waals surface area contributed by atoms with Crippen LogP contribution in [0.4, 0.5) is 0 Å². The number of aromatic amines is 1. The van der Waals surface area contributed by atoms with Crippen LogP contribution in [0.5, 0.6) is 0 Å². The molecule has 1 heterocycles. The van der Waals surface area contributed by atoms with E-state index >= 15 is 0 Å². The fourth-order valence-corrected chi connectivity index (χ4v) is 2.88. The molecular formula is C12H14N4O4S. The Hall–Kier alpha value is -2.26. The molecule has 0 saturated carbocycles. The standard InChI is InChI=1S/C12H14N4O4S/c1-8(11-13-7-14-15-11)16-21(18,19)10-5-3-9(4-6-10)12(17)20-2/h3-8,16H,1-2H3,(H,13,14,15). The number of rotatable bonds is 5. The molecular weight excluding hydrogens is 296 g/mol. The normalized spacial score (nSPS) is 12.9. The summed E-state index contributed by atoms with van der Waals surface area (Å²) in [6.45, 7) is 1.64. The summed E-state index contributed by atoms with van der Waals surface area (Å²) in [4.78, 5) is 15.2. The molecule has 0 aliphatic heterocycles. The number of esters is 1. The van der Waals surface area contributed by atoms with Gasteiger partial charge in [0.05, 0.1) is 23.6 Å². The molecule has 0 aliphatic carbocycles. The van der Waals surface area contributed by atoms with Crippen LogP contribution >= 0.6 is 0 Å². The van der Waals surface area contributed by atoms with Crippen molar-refractivity contribution in [2.75, 3.05) is 7.11 Å². The van der Waals surface area contributed by atoms with E-state index in [2.05, 4.69) is 24.6 Å². The van der Waals surface area contributed by atoms with Gasteiger partial charge < -0.3 is 4.74 Å². The van der Waals surface area contributed by atoms with Crippen LogP contribution < -0.4 is 4.72 Å². The summed E-state index contributed by atoms with van der Waals surface area (Å²) in [5.74, 6) is -0.119. The number of methoxy groups -OCH3 is 1. The molecule has 1 atom stereocenters. The minimum absolute atomic E-state index is 0.0431. The third-order valence-corrected chi connectivity index (χ3v) is 4.32. The molecule has 112 valence electrons. The highest BCUT2D eigenvalue weighted by atomic mass is 32.2. The Kier molecular flexibility index (Phi) is 4.34. The monoisotopic (exact) mass is 310 g/mol. The Bertz CT molecular complexity index is 710. The van der Waals surface area contributed by atoms with Crippen molar-refractivity contribution in [1.29, 1.82) is 0 Å². The van der Waals surface area contributed by atoms with E-state index < -0.39 is 22.0 Å². The first kappa shape index (κ1) is 15.1. The average Bonchev–Trinajstić information content (AvgIpc) is 3.00. The number of hydrogen-bond acceptors (Lipinski definition) is 6. The van der Waals surface area contributed by atoms with E-state index in [1.165, 1.54) is 37.7 Å². The molecule has 0 amide bonds. The van der Waals surface area contributed by atoms with Crippen molar-refractivity contribution in [2.24, 2.45) is 0 Å². The van der Waals surface area contributed by atoms with Gasteiger partial charge in [0.2, 0.25) is 10.0 Å². The second-order valence-corrected chi connectivity index (χ2v) is 5.94. The highest BCUT2D eigenvalue weighted by Gasteiger charge is 2.20. The summed E-state index contributed by atoms with van der Waals surface area (Å²) < 4.78 is 31.4. The van der Waals surface area contributed by atoms with Crippen LogP contribution in [0, 0.1) is 0 Å². The molecule has 0 radical (unpaired) electrons. The summed E-state index contributed by atoms with van der Waals surface area (Å²) >= 11 is 0. The molecule has 8 nitrogen and oxygen atoms in total. The number of hydrogen-bond donors (Lipinski definition) is 2. The number of H-pyrrole nitrogens is 1. The lowest BCUT2D eigenvalue weighted by Crippen LogP contribution is -2.27. The number of benzene rings is 1. The molecule has 1 aromatic carbocycles. The first-order valence-corrected chi connectivity index (χ1v) is 7.48. The Balaban J connectivity index is 2.18. The van der Waals surface area contributed by atoms with Gasteiger partial charge in [-0.05, 0) is 31.2 Å². The smallest absolute Gasteiger partial charge is 0.337 e. The number of sulfonamides is 1. The molecule has 1 unspecified atom stereocenters. The van der Waals surface area contributed by atoms with E-state index in [1.54, 1.807) is 6.92 Å². The number of aromatic nitrogens is 3. The predicted octanol–water partition coefficient (Wildman–Crippen LogP) is 0.631. The van der Waals surface area contributed by atoms with Gasteiger partial charge in [-0.15, -0.1) is 0 Å². The van der Waals surface area contributed by atoms with Gasteiger partial charge >= 0.3 is 5.97 Å². The molecule has 9 heteroatoms. The maximum atomic E-state index is 12.2. The van der Waals surface area contributed by atoms with Gasteiger partial charge in [-0.25, -0.2) is 22.9 Å². The molecule has 0 bridgehead atoms. The average molecular weight is 310 g/mol. The lowest BCUT2D eigenvalue weighted by Gasteiger charge is -2.12. The quantitative estimate of drug-likeness (QED) is 0.783. The highest BCUT2D eigenvalue weighted by Crippen LogP contribution is 2.15. The molecule has 0 spiro atoms. The van der Waals surface area contributed by atoms with Crippen LogP contribution in [-0.4, -0.2) is 36.7 Å². The maximum Gasteiger partial charge on any atom is 0.337 e. The Morgan fingerprint density at radius 3 is 2.52 bits per heavy atom. The van der Waals surface area contributed by atoms with Crippen molar-refractivity contribution < 1.29 is 17.9 Å². The van der Waals surface area contributed by atoms with Crippen LogP contribution in [0.3, 0.4) is 0 Å². The van der Waals surface area contributed by atoms with Crippen LogP contribution in [0.15, 0.2) is 35.5 Å². The second kappa shape index (κ2) is 6.02. The van der Waals surface area contributed by atoms with Gasteiger partial charge in [-0.3, -0.25) is 5.10 Å². The van der Waals surface area contributed by atoms with Crippen molar-refractivity contribution >= 4 is 16.0 Å². The summed E-state index contributed by atoms with van der Waals surface area (Å²) in [6, 6.07) is 4.89. The first-order valence-electron chi connectivity index (χ1n) is 6.00. The number of ether oxygens (including phenoxy) is 1. The van der Waals surface area contributed by atoms with Crippen molar-refractivity contribution in [2.45, 2.75) is 17.9 Å². The third kappa shape index (κ3) is 3.44. The van der Waals surface area contributed by atoms with Crippen LogP contribution in [0.25, 0.3) is 0 Å². The lowest BCUT2D eigenvalue weighted by atomic mass is 10.2. The number of carbonyl (C=O) groups excluding carboxylic acids is 1. The zero-order valence-electron chi connectivity index (χ0n) is 11.4. The van der Waals surface area contributed by atoms with E-state index in [1.807, 2.05) is 0 Å². The van der Waals surface area contributed by atoms with E-state index in [9.17, 15) is 13.2 Å². The maximum absolute atomic E-state index is 12.2. The van der Waals surface area contributed by atoms with Crippen molar-refractivity contribution in [1.82, 2.24) is 19.9 Å². The minimum Gasteiger partial charge on any atom is -0.465 e.